The van der Waals surface area contributed by atoms with Crippen LogP contribution in [0.25, 0.3) is 5.00 Å². The Kier molecular flexibility index (Phi) is 3.12. The number of rotatable bonds is 2. The lowest BCUT2D eigenvalue weighted by Gasteiger charge is -2.17. The van der Waals surface area contributed by atoms with Crippen molar-refractivity contribution >= 4 is 17.3 Å². The van der Waals surface area contributed by atoms with E-state index in [4.69, 9.17) is 5.11 Å². The van der Waals surface area contributed by atoms with E-state index >= 15 is 0 Å². The third-order valence-corrected chi connectivity index (χ3v) is 3.58. The summed E-state index contributed by atoms with van der Waals surface area (Å²) >= 11 is 1.35. The fraction of sp³-hybridized carbons (Fsp3) is 0.333. The van der Waals surface area contributed by atoms with Crippen LogP contribution in [0.2, 0.25) is 0 Å². The molecule has 6 nitrogen and oxygen atoms in total. The zero-order valence-electron chi connectivity index (χ0n) is 10.7. The van der Waals surface area contributed by atoms with Crippen LogP contribution < -0.4 is 0 Å². The van der Waals surface area contributed by atoms with Gasteiger partial charge in [0.05, 0.1) is 11.8 Å². The van der Waals surface area contributed by atoms with Gasteiger partial charge < -0.3 is 5.11 Å². The normalized spacial score (nSPS) is 11.3. The van der Waals surface area contributed by atoms with Crippen molar-refractivity contribution in [2.75, 3.05) is 0 Å². The average Bonchev–Trinajstić information content (AvgIpc) is 2.93. The molecule has 1 N–H and O–H groups in total. The molecule has 19 heavy (non-hydrogen) atoms. The zero-order chi connectivity index (χ0) is 14.2. The Labute approximate surface area is 113 Å². The minimum Gasteiger partial charge on any atom is -0.476 e. The second-order valence-electron chi connectivity index (χ2n) is 5.04. The highest BCUT2D eigenvalue weighted by Crippen LogP contribution is 2.33. The number of thiophene rings is 1. The first-order valence-electron chi connectivity index (χ1n) is 5.52. The molecule has 2 heterocycles. The van der Waals surface area contributed by atoms with Gasteiger partial charge in [-0.15, -0.1) is 16.4 Å². The number of nitriles is 1. The van der Waals surface area contributed by atoms with Crippen molar-refractivity contribution in [3.63, 3.8) is 0 Å². The quantitative estimate of drug-likeness (QED) is 0.907. The Morgan fingerprint density at radius 1 is 1.53 bits per heavy atom. The van der Waals surface area contributed by atoms with Crippen LogP contribution in [0.15, 0.2) is 11.6 Å². The van der Waals surface area contributed by atoms with E-state index in [2.05, 4.69) is 16.4 Å². The van der Waals surface area contributed by atoms with Gasteiger partial charge in [-0.1, -0.05) is 26.0 Å². The molecule has 0 amide bonds. The summed E-state index contributed by atoms with van der Waals surface area (Å²) in [5.74, 6) is -1.14. The monoisotopic (exact) mass is 276 g/mol. The summed E-state index contributed by atoms with van der Waals surface area (Å²) in [6.45, 7) is 6.05. The molecule has 7 heteroatoms. The van der Waals surface area contributed by atoms with Gasteiger partial charge in [-0.05, 0) is 16.4 Å². The maximum Gasteiger partial charge on any atom is 0.358 e. The molecule has 98 valence electrons. The first-order valence-corrected chi connectivity index (χ1v) is 6.40. The predicted molar refractivity (Wildman–Crippen MR) is 69.6 cm³/mol. The van der Waals surface area contributed by atoms with Gasteiger partial charge in [-0.3, -0.25) is 0 Å². The van der Waals surface area contributed by atoms with E-state index in [1.807, 2.05) is 26.2 Å². The minimum atomic E-state index is -1.14. The molecular weight excluding hydrogens is 264 g/mol. The number of hydrogen-bond donors (Lipinski definition) is 1. The van der Waals surface area contributed by atoms with Crippen LogP contribution >= 0.6 is 11.3 Å². The van der Waals surface area contributed by atoms with Crippen molar-refractivity contribution in [2.45, 2.75) is 26.2 Å². The van der Waals surface area contributed by atoms with Gasteiger partial charge in [-0.2, -0.15) is 5.26 Å². The van der Waals surface area contributed by atoms with E-state index in [-0.39, 0.29) is 11.1 Å². The van der Waals surface area contributed by atoms with Gasteiger partial charge in [0.25, 0.3) is 0 Å². The molecule has 0 bridgehead atoms. The summed E-state index contributed by atoms with van der Waals surface area (Å²) < 4.78 is 1.34. The smallest absolute Gasteiger partial charge is 0.358 e. The first kappa shape index (κ1) is 13.2. The van der Waals surface area contributed by atoms with Crippen LogP contribution in [-0.4, -0.2) is 26.1 Å². The Bertz CT molecular complexity index is 673. The summed E-state index contributed by atoms with van der Waals surface area (Å²) in [7, 11) is 0. The van der Waals surface area contributed by atoms with Crippen molar-refractivity contribution in [2.24, 2.45) is 0 Å². The summed E-state index contributed by atoms with van der Waals surface area (Å²) in [6.07, 6.45) is 1.31. The fourth-order valence-electron chi connectivity index (χ4n) is 1.64. The first-order chi connectivity index (χ1) is 8.84. The van der Waals surface area contributed by atoms with E-state index < -0.39 is 5.97 Å². The fourth-order valence-corrected chi connectivity index (χ4v) is 2.81. The third kappa shape index (κ3) is 2.35. The van der Waals surface area contributed by atoms with Crippen molar-refractivity contribution in [3.8, 4) is 11.1 Å². The van der Waals surface area contributed by atoms with Crippen LogP contribution in [0.3, 0.4) is 0 Å². The van der Waals surface area contributed by atoms with E-state index in [1.54, 1.807) is 0 Å². The van der Waals surface area contributed by atoms with Gasteiger partial charge in [0, 0.05) is 0 Å². The molecular formula is C12H12N4O2S. The zero-order valence-corrected chi connectivity index (χ0v) is 11.5. The molecule has 0 radical (unpaired) electrons. The molecule has 0 atom stereocenters. The molecule has 2 aromatic rings. The largest absolute Gasteiger partial charge is 0.476 e. The lowest BCUT2D eigenvalue weighted by atomic mass is 9.86. The van der Waals surface area contributed by atoms with Crippen LogP contribution in [0.5, 0.6) is 0 Å². The molecule has 0 aromatic carbocycles. The Balaban J connectivity index is 2.54. The van der Waals surface area contributed by atoms with Crippen molar-refractivity contribution in [3.05, 3.63) is 28.4 Å². The standard InChI is InChI=1S/C12H12N4O2S/c1-12(2,3)8-6-19-10(7(8)4-13)16-5-9(11(17)18)14-15-16/h5-6H,1-3H3,(H,17,18). The number of carbonyl (C=O) groups is 1. The molecule has 0 fully saturated rings. The Morgan fingerprint density at radius 2 is 2.21 bits per heavy atom. The molecule has 0 spiro atoms. The van der Waals surface area contributed by atoms with Gasteiger partial charge in [0.1, 0.15) is 11.1 Å². The number of hydrogen-bond acceptors (Lipinski definition) is 5. The van der Waals surface area contributed by atoms with Gasteiger partial charge in [-0.25, -0.2) is 9.48 Å². The van der Waals surface area contributed by atoms with Crippen molar-refractivity contribution in [1.29, 1.82) is 5.26 Å². The van der Waals surface area contributed by atoms with Crippen LogP contribution in [0.4, 0.5) is 0 Å². The molecule has 0 aliphatic carbocycles. The van der Waals surface area contributed by atoms with E-state index in [1.165, 1.54) is 22.2 Å². The second-order valence-corrected chi connectivity index (χ2v) is 5.90. The summed E-state index contributed by atoms with van der Waals surface area (Å²) in [6, 6.07) is 2.16. The highest BCUT2D eigenvalue weighted by atomic mass is 32.1. The van der Waals surface area contributed by atoms with Crippen LogP contribution in [-0.2, 0) is 5.41 Å². The number of carboxylic acid groups (broad SMARTS) is 1. The molecule has 0 aliphatic rings. The SMILES string of the molecule is CC(C)(C)c1csc(-n2cc(C(=O)O)nn2)c1C#N. The highest BCUT2D eigenvalue weighted by Gasteiger charge is 2.24. The summed E-state index contributed by atoms with van der Waals surface area (Å²) in [4.78, 5) is 10.8. The summed E-state index contributed by atoms with van der Waals surface area (Å²) in [5.41, 5.74) is 1.13. The van der Waals surface area contributed by atoms with Crippen LogP contribution in [0, 0.1) is 11.3 Å². The highest BCUT2D eigenvalue weighted by molar-refractivity contribution is 7.13. The van der Waals surface area contributed by atoms with E-state index in [9.17, 15) is 10.1 Å². The topological polar surface area (TPSA) is 91.8 Å². The number of aromatic nitrogens is 3. The predicted octanol–water partition coefficient (Wildman–Crippen LogP) is 2.20. The van der Waals surface area contributed by atoms with Crippen molar-refractivity contribution in [1.82, 2.24) is 15.0 Å². The maximum atomic E-state index is 10.8. The lowest BCUT2D eigenvalue weighted by molar-refractivity contribution is 0.0690. The Morgan fingerprint density at radius 3 is 2.68 bits per heavy atom. The van der Waals surface area contributed by atoms with Gasteiger partial charge in [0.15, 0.2) is 5.69 Å². The maximum absolute atomic E-state index is 10.8. The summed E-state index contributed by atoms with van der Waals surface area (Å²) in [5, 5.41) is 27.9. The molecule has 0 unspecified atom stereocenters. The molecule has 0 aliphatic heterocycles. The molecule has 2 aromatic heterocycles. The Hall–Kier alpha value is -2.20. The number of aromatic carboxylic acids is 1. The van der Waals surface area contributed by atoms with Crippen molar-refractivity contribution < 1.29 is 9.90 Å². The van der Waals surface area contributed by atoms with Crippen LogP contribution in [0.1, 0.15) is 42.4 Å². The third-order valence-electron chi connectivity index (χ3n) is 2.61. The van der Waals surface area contributed by atoms with E-state index in [0.717, 1.165) is 5.56 Å². The molecule has 0 saturated heterocycles. The number of nitrogens with zero attached hydrogens (tertiary/aromatic N) is 4. The minimum absolute atomic E-state index is 0.144. The van der Waals surface area contributed by atoms with Gasteiger partial charge >= 0.3 is 5.97 Å². The van der Waals surface area contributed by atoms with Gasteiger partial charge in [0.2, 0.25) is 0 Å². The lowest BCUT2D eigenvalue weighted by Crippen LogP contribution is -2.12. The second kappa shape index (κ2) is 4.48. The average molecular weight is 276 g/mol. The molecule has 2 rings (SSSR count). The van der Waals surface area contributed by atoms with E-state index in [0.29, 0.717) is 10.6 Å². The molecule has 0 saturated carbocycles. The number of carboxylic acids is 1.